The monoisotopic (exact) mass is 398 g/mol. The molecule has 2 N–H and O–H groups in total. The van der Waals surface area contributed by atoms with Crippen LogP contribution in [0.5, 0.6) is 5.75 Å². The molecule has 0 aliphatic heterocycles. The quantitative estimate of drug-likeness (QED) is 0.264. The third kappa shape index (κ3) is 10.5. The lowest BCUT2D eigenvalue weighted by molar-refractivity contribution is 0.475. The van der Waals surface area contributed by atoms with Gasteiger partial charge in [-0.2, -0.15) is 0 Å². The number of nitrogens with one attached hydrogen (secondary N) is 1. The van der Waals surface area contributed by atoms with Crippen molar-refractivity contribution >= 4 is 0 Å². The van der Waals surface area contributed by atoms with Gasteiger partial charge in [-0.1, -0.05) is 96.8 Å². The molecule has 0 saturated heterocycles. The van der Waals surface area contributed by atoms with Crippen LogP contribution >= 0.6 is 0 Å². The van der Waals surface area contributed by atoms with Gasteiger partial charge in [-0.15, -0.1) is 0 Å². The van der Waals surface area contributed by atoms with Crippen molar-refractivity contribution < 1.29 is 5.11 Å². The van der Waals surface area contributed by atoms with Gasteiger partial charge >= 0.3 is 0 Å². The number of phenolic OH excluding ortho intramolecular Hbond substituents is 1. The summed E-state index contributed by atoms with van der Waals surface area (Å²) in [4.78, 5) is 7.91. The molecule has 0 amide bonds. The standard InChI is InChI=1S/C26H42N2O/c1-2-3-4-5-6-7-8-9-10-11-12-13-14-15-16-17-26-27-22-25(28-26)23-18-20-24(29)21-19-23/h18-22,29H,2-17H2,1H3,(H,27,28). The maximum Gasteiger partial charge on any atom is 0.115 e. The van der Waals surface area contributed by atoms with Crippen LogP contribution in [0.3, 0.4) is 0 Å². The summed E-state index contributed by atoms with van der Waals surface area (Å²) in [6.45, 7) is 2.29. The number of hydrogen-bond donors (Lipinski definition) is 2. The second kappa shape index (κ2) is 15.1. The number of hydrogen-bond acceptors (Lipinski definition) is 2. The molecule has 0 fully saturated rings. The van der Waals surface area contributed by atoms with Crippen LogP contribution in [0.2, 0.25) is 0 Å². The first-order valence-corrected chi connectivity index (χ1v) is 12.1. The molecule has 0 spiro atoms. The fourth-order valence-electron chi connectivity index (χ4n) is 3.94. The second-order valence-electron chi connectivity index (χ2n) is 8.49. The zero-order chi connectivity index (χ0) is 20.6. The average Bonchev–Trinajstić information content (AvgIpc) is 3.20. The van der Waals surface area contributed by atoms with Crippen LogP contribution in [0.1, 0.15) is 109 Å². The first kappa shape index (κ1) is 23.5. The highest BCUT2D eigenvalue weighted by molar-refractivity contribution is 5.59. The van der Waals surface area contributed by atoms with E-state index in [0.717, 1.165) is 23.5 Å². The van der Waals surface area contributed by atoms with Crippen LogP contribution in [0.4, 0.5) is 0 Å². The molecule has 0 atom stereocenters. The van der Waals surface area contributed by atoms with Crippen LogP contribution in [0.25, 0.3) is 11.3 Å². The number of aromatic amines is 1. The first-order chi connectivity index (χ1) is 14.3. The minimum atomic E-state index is 0.297. The first-order valence-electron chi connectivity index (χ1n) is 12.1. The van der Waals surface area contributed by atoms with Crippen LogP contribution < -0.4 is 0 Å². The van der Waals surface area contributed by atoms with Gasteiger partial charge in [0.25, 0.3) is 0 Å². The predicted molar refractivity (Wildman–Crippen MR) is 124 cm³/mol. The lowest BCUT2D eigenvalue weighted by Crippen LogP contribution is -1.89. The predicted octanol–water partition coefficient (Wildman–Crippen LogP) is 8.20. The van der Waals surface area contributed by atoms with Gasteiger partial charge in [0.05, 0.1) is 11.9 Å². The highest BCUT2D eigenvalue weighted by Crippen LogP contribution is 2.20. The molecule has 162 valence electrons. The van der Waals surface area contributed by atoms with Gasteiger partial charge in [0.2, 0.25) is 0 Å². The highest BCUT2D eigenvalue weighted by Gasteiger charge is 2.03. The normalized spacial score (nSPS) is 11.2. The van der Waals surface area contributed by atoms with Crippen molar-refractivity contribution in [3.8, 4) is 17.0 Å². The second-order valence-corrected chi connectivity index (χ2v) is 8.49. The molecule has 1 aromatic carbocycles. The van der Waals surface area contributed by atoms with E-state index in [-0.39, 0.29) is 0 Å². The van der Waals surface area contributed by atoms with Crippen molar-refractivity contribution in [1.29, 1.82) is 0 Å². The topological polar surface area (TPSA) is 48.9 Å². The molecule has 0 radical (unpaired) electrons. The summed E-state index contributed by atoms with van der Waals surface area (Å²) in [5.41, 5.74) is 2.10. The number of aromatic nitrogens is 2. The maximum atomic E-state index is 9.39. The lowest BCUT2D eigenvalue weighted by Gasteiger charge is -2.03. The van der Waals surface area contributed by atoms with E-state index >= 15 is 0 Å². The molecule has 0 saturated carbocycles. The number of aryl methyl sites for hydroxylation is 1. The Morgan fingerprint density at radius 1 is 0.690 bits per heavy atom. The van der Waals surface area contributed by atoms with E-state index in [2.05, 4.69) is 16.9 Å². The molecule has 0 aliphatic carbocycles. The number of H-pyrrole nitrogens is 1. The summed E-state index contributed by atoms with van der Waals surface area (Å²) in [5.74, 6) is 1.37. The van der Waals surface area contributed by atoms with E-state index in [9.17, 15) is 5.11 Å². The van der Waals surface area contributed by atoms with E-state index in [1.165, 1.54) is 96.3 Å². The molecular formula is C26H42N2O. The summed E-state index contributed by atoms with van der Waals surface area (Å²) in [5, 5.41) is 9.39. The molecule has 0 bridgehead atoms. The summed E-state index contributed by atoms with van der Waals surface area (Å²) in [7, 11) is 0. The molecular weight excluding hydrogens is 356 g/mol. The Labute approximate surface area is 178 Å². The number of rotatable bonds is 17. The van der Waals surface area contributed by atoms with Crippen LogP contribution in [-0.4, -0.2) is 15.1 Å². The van der Waals surface area contributed by atoms with Gasteiger partial charge in [-0.05, 0) is 36.2 Å². The van der Waals surface area contributed by atoms with E-state index in [1.54, 1.807) is 12.1 Å². The fraction of sp³-hybridized carbons (Fsp3) is 0.654. The summed E-state index contributed by atoms with van der Waals surface area (Å²) in [6, 6.07) is 7.26. The minimum Gasteiger partial charge on any atom is -0.508 e. The smallest absolute Gasteiger partial charge is 0.115 e. The number of aromatic hydroxyl groups is 1. The Bertz CT molecular complexity index is 632. The minimum absolute atomic E-state index is 0.297. The Hall–Kier alpha value is -1.77. The average molecular weight is 399 g/mol. The summed E-state index contributed by atoms with van der Waals surface area (Å²) in [6.07, 6.45) is 23.9. The fourth-order valence-corrected chi connectivity index (χ4v) is 3.94. The Balaban J connectivity index is 1.40. The Morgan fingerprint density at radius 2 is 1.17 bits per heavy atom. The lowest BCUT2D eigenvalue weighted by atomic mass is 10.0. The van der Waals surface area contributed by atoms with Crippen molar-refractivity contribution in [1.82, 2.24) is 9.97 Å². The van der Waals surface area contributed by atoms with Gasteiger partial charge in [0.15, 0.2) is 0 Å². The molecule has 0 unspecified atom stereocenters. The van der Waals surface area contributed by atoms with Crippen molar-refractivity contribution in [2.45, 2.75) is 110 Å². The molecule has 1 aromatic heterocycles. The van der Waals surface area contributed by atoms with E-state index in [1.807, 2.05) is 18.3 Å². The molecule has 2 rings (SSSR count). The third-order valence-electron chi connectivity index (χ3n) is 5.82. The SMILES string of the molecule is CCCCCCCCCCCCCCCCCc1ncc(-c2ccc(O)cc2)[nH]1. The molecule has 0 aliphatic rings. The van der Waals surface area contributed by atoms with Crippen LogP contribution in [0.15, 0.2) is 30.5 Å². The Morgan fingerprint density at radius 3 is 1.69 bits per heavy atom. The van der Waals surface area contributed by atoms with Crippen LogP contribution in [0, 0.1) is 0 Å². The number of unbranched alkanes of at least 4 members (excludes halogenated alkanes) is 14. The molecule has 2 aromatic rings. The third-order valence-corrected chi connectivity index (χ3v) is 5.82. The van der Waals surface area contributed by atoms with E-state index in [0.29, 0.717) is 5.75 Å². The summed E-state index contributed by atoms with van der Waals surface area (Å²) >= 11 is 0. The molecule has 1 heterocycles. The van der Waals surface area contributed by atoms with Gasteiger partial charge in [-0.25, -0.2) is 4.98 Å². The van der Waals surface area contributed by atoms with E-state index < -0.39 is 0 Å². The highest BCUT2D eigenvalue weighted by atomic mass is 16.3. The zero-order valence-corrected chi connectivity index (χ0v) is 18.6. The van der Waals surface area contributed by atoms with E-state index in [4.69, 9.17) is 0 Å². The largest absolute Gasteiger partial charge is 0.508 e. The van der Waals surface area contributed by atoms with Crippen LogP contribution in [-0.2, 0) is 6.42 Å². The summed E-state index contributed by atoms with van der Waals surface area (Å²) < 4.78 is 0. The van der Waals surface area contributed by atoms with Gasteiger partial charge in [0.1, 0.15) is 11.6 Å². The number of imidazole rings is 1. The maximum absolute atomic E-state index is 9.39. The van der Waals surface area contributed by atoms with Crippen molar-refractivity contribution in [2.75, 3.05) is 0 Å². The van der Waals surface area contributed by atoms with Crippen molar-refractivity contribution in [2.24, 2.45) is 0 Å². The van der Waals surface area contributed by atoms with Gasteiger partial charge < -0.3 is 10.1 Å². The number of nitrogens with zero attached hydrogens (tertiary/aromatic N) is 1. The zero-order valence-electron chi connectivity index (χ0n) is 18.6. The molecule has 3 heteroatoms. The Kier molecular flexibility index (Phi) is 12.3. The number of phenols is 1. The van der Waals surface area contributed by atoms with Crippen molar-refractivity contribution in [3.63, 3.8) is 0 Å². The molecule has 3 nitrogen and oxygen atoms in total. The van der Waals surface area contributed by atoms with Gasteiger partial charge in [0, 0.05) is 6.42 Å². The van der Waals surface area contributed by atoms with Gasteiger partial charge in [-0.3, -0.25) is 0 Å². The number of benzene rings is 1. The molecule has 29 heavy (non-hydrogen) atoms. The van der Waals surface area contributed by atoms with Crippen molar-refractivity contribution in [3.05, 3.63) is 36.3 Å².